The number of nitrogens with zero attached hydrogens (tertiary/aromatic N) is 1. The van der Waals surface area contributed by atoms with Crippen LogP contribution in [-0.2, 0) is 9.59 Å². The van der Waals surface area contributed by atoms with Crippen molar-refractivity contribution in [3.05, 3.63) is 52.7 Å². The third-order valence-electron chi connectivity index (χ3n) is 3.34. The van der Waals surface area contributed by atoms with E-state index in [1.807, 2.05) is 36.6 Å². The van der Waals surface area contributed by atoms with Gasteiger partial charge in [0.1, 0.15) is 12.3 Å². The highest BCUT2D eigenvalue weighted by atomic mass is 32.1. The summed E-state index contributed by atoms with van der Waals surface area (Å²) < 4.78 is 5.20. The van der Waals surface area contributed by atoms with Gasteiger partial charge in [0.05, 0.1) is 12.8 Å². The van der Waals surface area contributed by atoms with Crippen LogP contribution in [0.3, 0.4) is 0 Å². The molecule has 0 aliphatic carbocycles. The minimum atomic E-state index is -0.265. The Bertz CT molecular complexity index is 711. The van der Waals surface area contributed by atoms with Gasteiger partial charge in [-0.1, -0.05) is 18.2 Å². The quantitative estimate of drug-likeness (QED) is 0.784. The van der Waals surface area contributed by atoms with Crippen LogP contribution in [0.5, 0.6) is 5.75 Å². The Morgan fingerprint density at radius 2 is 2.04 bits per heavy atom. The number of anilines is 1. The van der Waals surface area contributed by atoms with E-state index < -0.39 is 0 Å². The first kappa shape index (κ1) is 17.7. The molecular formula is C18H20N2O3S. The third-order valence-corrected chi connectivity index (χ3v) is 4.18. The van der Waals surface area contributed by atoms with Crippen LogP contribution in [0.2, 0.25) is 0 Å². The maximum Gasteiger partial charge on any atom is 0.247 e. The van der Waals surface area contributed by atoms with E-state index in [-0.39, 0.29) is 18.4 Å². The number of ether oxygens (including phenoxy) is 1. The van der Waals surface area contributed by atoms with Crippen molar-refractivity contribution in [1.29, 1.82) is 0 Å². The number of nitrogens with one attached hydrogen (secondary N) is 1. The highest BCUT2D eigenvalue weighted by Crippen LogP contribution is 2.22. The van der Waals surface area contributed by atoms with Crippen molar-refractivity contribution in [2.24, 2.45) is 0 Å². The van der Waals surface area contributed by atoms with E-state index >= 15 is 0 Å². The molecule has 126 valence electrons. The lowest BCUT2D eigenvalue weighted by Crippen LogP contribution is -2.36. The van der Waals surface area contributed by atoms with Gasteiger partial charge in [-0.25, -0.2) is 0 Å². The molecule has 2 aromatic rings. The Kier molecular flexibility index (Phi) is 6.57. The molecule has 1 heterocycles. The predicted octanol–water partition coefficient (Wildman–Crippen LogP) is 3.26. The molecule has 0 saturated carbocycles. The third kappa shape index (κ3) is 4.96. The highest BCUT2D eigenvalue weighted by Gasteiger charge is 2.14. The second kappa shape index (κ2) is 8.88. The number of benzene rings is 1. The van der Waals surface area contributed by atoms with Gasteiger partial charge in [0.2, 0.25) is 11.8 Å². The molecule has 0 saturated heterocycles. The number of rotatable bonds is 7. The lowest BCUT2D eigenvalue weighted by atomic mass is 10.3. The molecule has 1 N–H and O–H groups in total. The SMILES string of the molecule is CCN(CC(=O)Nc1ccccc1OC)C(=O)/C=C/c1cccs1. The van der Waals surface area contributed by atoms with Crippen molar-refractivity contribution in [1.82, 2.24) is 4.90 Å². The van der Waals surface area contributed by atoms with Crippen LogP contribution in [0.1, 0.15) is 11.8 Å². The van der Waals surface area contributed by atoms with E-state index in [1.54, 1.807) is 36.7 Å². The molecular weight excluding hydrogens is 324 g/mol. The van der Waals surface area contributed by atoms with Crippen LogP contribution in [0.15, 0.2) is 47.9 Å². The lowest BCUT2D eigenvalue weighted by molar-refractivity contribution is -0.130. The van der Waals surface area contributed by atoms with E-state index in [1.165, 1.54) is 11.0 Å². The molecule has 5 nitrogen and oxygen atoms in total. The van der Waals surface area contributed by atoms with Gasteiger partial charge in [0.15, 0.2) is 0 Å². The van der Waals surface area contributed by atoms with Crippen molar-refractivity contribution < 1.29 is 14.3 Å². The largest absolute Gasteiger partial charge is 0.495 e. The number of hydrogen-bond donors (Lipinski definition) is 1. The fraction of sp³-hybridized carbons (Fsp3) is 0.222. The molecule has 1 aromatic heterocycles. The van der Waals surface area contributed by atoms with Gasteiger partial charge in [-0.2, -0.15) is 0 Å². The van der Waals surface area contributed by atoms with Crippen LogP contribution in [0.4, 0.5) is 5.69 Å². The van der Waals surface area contributed by atoms with Crippen LogP contribution < -0.4 is 10.1 Å². The molecule has 2 amide bonds. The number of amides is 2. The number of carbonyl (C=O) groups is 2. The number of likely N-dealkylation sites (N-methyl/N-ethyl adjacent to an activating group) is 1. The molecule has 0 radical (unpaired) electrons. The van der Waals surface area contributed by atoms with E-state index in [0.717, 1.165) is 4.88 Å². The van der Waals surface area contributed by atoms with Crippen molar-refractivity contribution in [3.63, 3.8) is 0 Å². The summed E-state index contributed by atoms with van der Waals surface area (Å²) in [4.78, 5) is 26.9. The van der Waals surface area contributed by atoms with Gasteiger partial charge in [-0.15, -0.1) is 11.3 Å². The van der Waals surface area contributed by atoms with Crippen LogP contribution in [-0.4, -0.2) is 36.9 Å². The van der Waals surface area contributed by atoms with Gasteiger partial charge >= 0.3 is 0 Å². The Morgan fingerprint density at radius 1 is 1.25 bits per heavy atom. The normalized spacial score (nSPS) is 10.6. The average molecular weight is 344 g/mol. The average Bonchev–Trinajstić information content (AvgIpc) is 3.11. The molecule has 0 bridgehead atoms. The van der Waals surface area contributed by atoms with Gasteiger partial charge < -0.3 is 15.0 Å². The molecule has 0 atom stereocenters. The molecule has 0 aliphatic heterocycles. The fourth-order valence-corrected chi connectivity index (χ4v) is 2.72. The second-order valence-corrected chi connectivity index (χ2v) is 5.93. The Labute approximate surface area is 145 Å². The van der Waals surface area contributed by atoms with Crippen LogP contribution in [0.25, 0.3) is 6.08 Å². The molecule has 2 rings (SSSR count). The number of hydrogen-bond acceptors (Lipinski definition) is 4. The molecule has 0 spiro atoms. The summed E-state index contributed by atoms with van der Waals surface area (Å²) in [6.07, 6.45) is 3.25. The van der Waals surface area contributed by atoms with Crippen molar-refractivity contribution >= 4 is 34.9 Å². The zero-order valence-corrected chi connectivity index (χ0v) is 14.5. The molecule has 1 aromatic carbocycles. The summed E-state index contributed by atoms with van der Waals surface area (Å²) in [6, 6.07) is 11.0. The number of methoxy groups -OCH3 is 1. The minimum absolute atomic E-state index is 0.0117. The summed E-state index contributed by atoms with van der Waals surface area (Å²) in [6.45, 7) is 2.28. The number of carbonyl (C=O) groups excluding carboxylic acids is 2. The second-order valence-electron chi connectivity index (χ2n) is 4.95. The maximum absolute atomic E-state index is 12.2. The zero-order valence-electron chi connectivity index (χ0n) is 13.7. The zero-order chi connectivity index (χ0) is 17.4. The van der Waals surface area contributed by atoms with Crippen LogP contribution >= 0.6 is 11.3 Å². The van der Waals surface area contributed by atoms with Crippen molar-refractivity contribution in [3.8, 4) is 5.75 Å². The lowest BCUT2D eigenvalue weighted by Gasteiger charge is -2.19. The van der Waals surface area contributed by atoms with E-state index in [9.17, 15) is 9.59 Å². The van der Waals surface area contributed by atoms with Crippen molar-refractivity contribution in [2.45, 2.75) is 6.92 Å². The minimum Gasteiger partial charge on any atom is -0.495 e. The summed E-state index contributed by atoms with van der Waals surface area (Å²) in [5, 5.41) is 4.72. The Hall–Kier alpha value is -2.60. The summed E-state index contributed by atoms with van der Waals surface area (Å²) >= 11 is 1.55. The predicted molar refractivity (Wildman–Crippen MR) is 97.2 cm³/mol. The first-order valence-electron chi connectivity index (χ1n) is 7.57. The van der Waals surface area contributed by atoms with E-state index in [0.29, 0.717) is 18.0 Å². The first-order valence-corrected chi connectivity index (χ1v) is 8.45. The molecule has 0 aliphatic rings. The Morgan fingerprint density at radius 3 is 2.71 bits per heavy atom. The van der Waals surface area contributed by atoms with E-state index in [4.69, 9.17) is 4.74 Å². The summed E-state index contributed by atoms with van der Waals surface area (Å²) in [7, 11) is 1.54. The number of para-hydroxylation sites is 2. The fourth-order valence-electron chi connectivity index (χ4n) is 2.10. The Balaban J connectivity index is 1.96. The molecule has 6 heteroatoms. The highest BCUT2D eigenvalue weighted by molar-refractivity contribution is 7.10. The molecule has 0 fully saturated rings. The van der Waals surface area contributed by atoms with Gasteiger partial charge in [0, 0.05) is 17.5 Å². The van der Waals surface area contributed by atoms with Gasteiger partial charge in [-0.05, 0) is 36.6 Å². The topological polar surface area (TPSA) is 58.6 Å². The van der Waals surface area contributed by atoms with E-state index in [2.05, 4.69) is 5.32 Å². The van der Waals surface area contributed by atoms with Gasteiger partial charge in [0.25, 0.3) is 0 Å². The summed E-state index contributed by atoms with van der Waals surface area (Å²) in [5.41, 5.74) is 0.586. The smallest absolute Gasteiger partial charge is 0.247 e. The monoisotopic (exact) mass is 344 g/mol. The first-order chi connectivity index (χ1) is 11.6. The number of thiophene rings is 1. The molecule has 24 heavy (non-hydrogen) atoms. The maximum atomic E-state index is 12.2. The van der Waals surface area contributed by atoms with Crippen LogP contribution in [0, 0.1) is 0 Å². The van der Waals surface area contributed by atoms with Crippen molar-refractivity contribution in [2.75, 3.05) is 25.5 Å². The molecule has 0 unspecified atom stereocenters. The standard InChI is InChI=1S/C18H20N2O3S/c1-3-20(18(22)11-10-14-7-6-12-24-14)13-17(21)19-15-8-4-5-9-16(15)23-2/h4-12H,3,13H2,1-2H3,(H,19,21)/b11-10+. The summed E-state index contributed by atoms with van der Waals surface area (Å²) in [5.74, 6) is 0.123. The van der Waals surface area contributed by atoms with Gasteiger partial charge in [-0.3, -0.25) is 9.59 Å².